The van der Waals surface area contributed by atoms with Gasteiger partial charge in [-0.3, -0.25) is 0 Å². The standard InChI is InChI=1S/C16H27ClN2/c1-4-5-6-11-19(13(2)3)16-12-15(17)8-7-14(16)9-10-18/h7-8,12-13H,4-6,9-11,18H2,1-3H3. The van der Waals surface area contributed by atoms with Gasteiger partial charge in [0.2, 0.25) is 0 Å². The van der Waals surface area contributed by atoms with Gasteiger partial charge in [-0.15, -0.1) is 0 Å². The summed E-state index contributed by atoms with van der Waals surface area (Å²) in [5.41, 5.74) is 8.27. The highest BCUT2D eigenvalue weighted by Crippen LogP contribution is 2.27. The molecule has 0 aliphatic carbocycles. The van der Waals surface area contributed by atoms with Crippen molar-refractivity contribution in [3.63, 3.8) is 0 Å². The van der Waals surface area contributed by atoms with Crippen LogP contribution in [0.15, 0.2) is 18.2 Å². The van der Waals surface area contributed by atoms with Crippen molar-refractivity contribution >= 4 is 17.3 Å². The van der Waals surface area contributed by atoms with Gasteiger partial charge in [0.05, 0.1) is 0 Å². The molecule has 19 heavy (non-hydrogen) atoms. The van der Waals surface area contributed by atoms with Gasteiger partial charge in [-0.25, -0.2) is 0 Å². The lowest BCUT2D eigenvalue weighted by atomic mass is 10.1. The van der Waals surface area contributed by atoms with Crippen LogP contribution in [0.1, 0.15) is 45.6 Å². The van der Waals surface area contributed by atoms with E-state index in [1.807, 2.05) is 6.07 Å². The number of nitrogens with zero attached hydrogens (tertiary/aromatic N) is 1. The number of anilines is 1. The fourth-order valence-corrected chi connectivity index (χ4v) is 2.53. The van der Waals surface area contributed by atoms with Gasteiger partial charge in [0, 0.05) is 23.3 Å². The molecular weight excluding hydrogens is 256 g/mol. The lowest BCUT2D eigenvalue weighted by molar-refractivity contribution is 0.623. The van der Waals surface area contributed by atoms with Gasteiger partial charge in [0.15, 0.2) is 0 Å². The Labute approximate surface area is 122 Å². The highest BCUT2D eigenvalue weighted by atomic mass is 35.5. The first kappa shape index (κ1) is 16.3. The molecule has 0 aromatic heterocycles. The average molecular weight is 283 g/mol. The van der Waals surface area contributed by atoms with Crippen molar-refractivity contribution in [3.05, 3.63) is 28.8 Å². The fraction of sp³-hybridized carbons (Fsp3) is 0.625. The van der Waals surface area contributed by atoms with E-state index < -0.39 is 0 Å². The first-order valence-corrected chi connectivity index (χ1v) is 7.73. The van der Waals surface area contributed by atoms with Crippen molar-refractivity contribution in [3.8, 4) is 0 Å². The van der Waals surface area contributed by atoms with Crippen molar-refractivity contribution in [2.45, 2.75) is 52.5 Å². The molecule has 0 unspecified atom stereocenters. The lowest BCUT2D eigenvalue weighted by Gasteiger charge is -2.31. The van der Waals surface area contributed by atoms with E-state index in [-0.39, 0.29) is 0 Å². The molecule has 0 spiro atoms. The zero-order valence-corrected chi connectivity index (χ0v) is 13.2. The Hall–Kier alpha value is -0.730. The van der Waals surface area contributed by atoms with Gasteiger partial charge in [0.1, 0.15) is 0 Å². The van der Waals surface area contributed by atoms with Crippen LogP contribution in [0.4, 0.5) is 5.69 Å². The van der Waals surface area contributed by atoms with Crippen LogP contribution in [0, 0.1) is 0 Å². The maximum Gasteiger partial charge on any atom is 0.0426 e. The summed E-state index contributed by atoms with van der Waals surface area (Å²) in [7, 11) is 0. The third kappa shape index (κ3) is 5.04. The summed E-state index contributed by atoms with van der Waals surface area (Å²) >= 11 is 6.17. The Bertz CT molecular complexity index is 377. The minimum atomic E-state index is 0.479. The molecule has 0 radical (unpaired) electrons. The summed E-state index contributed by atoms with van der Waals surface area (Å²) < 4.78 is 0. The predicted octanol–water partition coefficient (Wildman–Crippen LogP) is 4.25. The average Bonchev–Trinajstić information content (AvgIpc) is 2.37. The highest BCUT2D eigenvalue weighted by Gasteiger charge is 2.14. The summed E-state index contributed by atoms with van der Waals surface area (Å²) in [6.07, 6.45) is 4.65. The molecule has 0 aliphatic heterocycles. The van der Waals surface area contributed by atoms with Gasteiger partial charge >= 0.3 is 0 Å². The molecule has 1 aromatic carbocycles. The first-order valence-electron chi connectivity index (χ1n) is 7.35. The zero-order valence-electron chi connectivity index (χ0n) is 12.5. The molecule has 108 valence electrons. The third-order valence-corrected chi connectivity index (χ3v) is 3.63. The van der Waals surface area contributed by atoms with Gasteiger partial charge in [0.25, 0.3) is 0 Å². The van der Waals surface area contributed by atoms with E-state index in [0.29, 0.717) is 12.6 Å². The molecule has 0 saturated carbocycles. The normalized spacial score (nSPS) is 11.1. The summed E-state index contributed by atoms with van der Waals surface area (Å²) in [6, 6.07) is 6.63. The minimum absolute atomic E-state index is 0.479. The van der Waals surface area contributed by atoms with E-state index in [1.165, 1.54) is 30.5 Å². The monoisotopic (exact) mass is 282 g/mol. The molecule has 1 aromatic rings. The second kappa shape index (κ2) is 8.44. The maximum atomic E-state index is 6.17. The molecule has 0 amide bonds. The van der Waals surface area contributed by atoms with Gasteiger partial charge in [-0.05, 0) is 50.9 Å². The van der Waals surface area contributed by atoms with Crippen LogP contribution in [0.2, 0.25) is 5.02 Å². The summed E-state index contributed by atoms with van der Waals surface area (Å²) in [5.74, 6) is 0. The van der Waals surface area contributed by atoms with E-state index in [1.54, 1.807) is 0 Å². The van der Waals surface area contributed by atoms with E-state index in [0.717, 1.165) is 18.0 Å². The van der Waals surface area contributed by atoms with Gasteiger partial charge in [-0.2, -0.15) is 0 Å². The largest absolute Gasteiger partial charge is 0.369 e. The minimum Gasteiger partial charge on any atom is -0.369 e. The maximum absolute atomic E-state index is 6.17. The van der Waals surface area contributed by atoms with Crippen LogP contribution in [0.25, 0.3) is 0 Å². The predicted molar refractivity (Wildman–Crippen MR) is 86.2 cm³/mol. The molecule has 0 atom stereocenters. The molecule has 2 nitrogen and oxygen atoms in total. The second-order valence-electron chi connectivity index (χ2n) is 5.31. The van der Waals surface area contributed by atoms with Crippen LogP contribution in [0.5, 0.6) is 0 Å². The van der Waals surface area contributed by atoms with Gasteiger partial charge < -0.3 is 10.6 Å². The van der Waals surface area contributed by atoms with Crippen LogP contribution in [-0.2, 0) is 6.42 Å². The molecular formula is C16H27ClN2. The zero-order chi connectivity index (χ0) is 14.3. The Morgan fingerprint density at radius 3 is 2.58 bits per heavy atom. The third-order valence-electron chi connectivity index (χ3n) is 3.40. The second-order valence-corrected chi connectivity index (χ2v) is 5.74. The van der Waals surface area contributed by atoms with E-state index in [2.05, 4.69) is 37.8 Å². The highest BCUT2D eigenvalue weighted by molar-refractivity contribution is 6.30. The van der Waals surface area contributed by atoms with Crippen LogP contribution in [0.3, 0.4) is 0 Å². The topological polar surface area (TPSA) is 29.3 Å². The Balaban J connectivity index is 2.95. The number of halogens is 1. The number of nitrogens with two attached hydrogens (primary N) is 1. The number of benzene rings is 1. The first-order chi connectivity index (χ1) is 9.10. The van der Waals surface area contributed by atoms with Crippen molar-refractivity contribution in [1.82, 2.24) is 0 Å². The lowest BCUT2D eigenvalue weighted by Crippen LogP contribution is -2.32. The number of hydrogen-bond donors (Lipinski definition) is 1. The smallest absolute Gasteiger partial charge is 0.0426 e. The molecule has 2 N–H and O–H groups in total. The SMILES string of the molecule is CCCCCN(c1cc(Cl)ccc1CCN)C(C)C. The summed E-state index contributed by atoms with van der Waals surface area (Å²) in [6.45, 7) is 8.47. The number of hydrogen-bond acceptors (Lipinski definition) is 2. The van der Waals surface area contributed by atoms with Crippen molar-refractivity contribution in [2.75, 3.05) is 18.0 Å². The fourth-order valence-electron chi connectivity index (χ4n) is 2.36. The van der Waals surface area contributed by atoms with Crippen molar-refractivity contribution in [2.24, 2.45) is 5.73 Å². The van der Waals surface area contributed by atoms with E-state index in [9.17, 15) is 0 Å². The van der Waals surface area contributed by atoms with Crippen LogP contribution < -0.4 is 10.6 Å². The molecule has 1 rings (SSSR count). The van der Waals surface area contributed by atoms with E-state index in [4.69, 9.17) is 17.3 Å². The molecule has 0 fully saturated rings. The summed E-state index contributed by atoms with van der Waals surface area (Å²) in [4.78, 5) is 2.45. The van der Waals surface area contributed by atoms with Crippen molar-refractivity contribution < 1.29 is 0 Å². The quantitative estimate of drug-likeness (QED) is 0.723. The summed E-state index contributed by atoms with van der Waals surface area (Å²) in [5, 5.41) is 0.803. The molecule has 0 heterocycles. The number of rotatable bonds is 8. The van der Waals surface area contributed by atoms with Crippen molar-refractivity contribution in [1.29, 1.82) is 0 Å². The Morgan fingerprint density at radius 1 is 1.26 bits per heavy atom. The van der Waals surface area contributed by atoms with Crippen LogP contribution in [-0.4, -0.2) is 19.1 Å². The van der Waals surface area contributed by atoms with E-state index >= 15 is 0 Å². The van der Waals surface area contributed by atoms with Crippen LogP contribution >= 0.6 is 11.6 Å². The number of unbranched alkanes of at least 4 members (excludes halogenated alkanes) is 2. The molecule has 3 heteroatoms. The Morgan fingerprint density at radius 2 is 2.00 bits per heavy atom. The molecule has 0 saturated heterocycles. The Kier molecular flexibility index (Phi) is 7.25. The molecule has 0 aliphatic rings. The molecule has 0 bridgehead atoms. The van der Waals surface area contributed by atoms with Gasteiger partial charge in [-0.1, -0.05) is 37.4 Å².